The van der Waals surface area contributed by atoms with Crippen LogP contribution >= 0.6 is 0 Å². The average Bonchev–Trinajstić information content (AvgIpc) is 2.58. The Morgan fingerprint density at radius 2 is 1.96 bits per heavy atom. The summed E-state index contributed by atoms with van der Waals surface area (Å²) < 4.78 is 13.2. The molecule has 1 N–H and O–H groups in total. The summed E-state index contributed by atoms with van der Waals surface area (Å²) in [5.74, 6) is -0.408. The van der Waals surface area contributed by atoms with Gasteiger partial charge in [0.15, 0.2) is 0 Å². The van der Waals surface area contributed by atoms with Crippen molar-refractivity contribution in [3.63, 3.8) is 0 Å². The molecule has 1 atom stereocenters. The first kappa shape index (κ1) is 18.9. The number of piperazine rings is 1. The summed E-state index contributed by atoms with van der Waals surface area (Å²) in [4.78, 5) is 17.1. The van der Waals surface area contributed by atoms with Gasteiger partial charge in [-0.15, -0.1) is 0 Å². The van der Waals surface area contributed by atoms with Gasteiger partial charge >= 0.3 is 0 Å². The molecule has 134 valence electrons. The Morgan fingerprint density at radius 3 is 2.62 bits per heavy atom. The van der Waals surface area contributed by atoms with Crippen molar-refractivity contribution in [2.24, 2.45) is 0 Å². The first-order valence-corrected chi connectivity index (χ1v) is 9.13. The zero-order chi connectivity index (χ0) is 17.4. The number of nitrogens with zero attached hydrogens (tertiary/aromatic N) is 2. The van der Waals surface area contributed by atoms with Crippen molar-refractivity contribution in [2.45, 2.75) is 45.6 Å². The van der Waals surface area contributed by atoms with Crippen LogP contribution in [0.3, 0.4) is 0 Å². The molecule has 2 rings (SSSR count). The lowest BCUT2D eigenvalue weighted by atomic mass is 10.1. The Labute approximate surface area is 145 Å². The smallest absolute Gasteiger partial charge is 0.241 e. The normalized spacial score (nSPS) is 17.6. The third-order valence-electron chi connectivity index (χ3n) is 4.75. The molecule has 24 heavy (non-hydrogen) atoms. The van der Waals surface area contributed by atoms with Gasteiger partial charge in [0.25, 0.3) is 0 Å². The summed E-state index contributed by atoms with van der Waals surface area (Å²) in [5, 5.41) is 2.81. The molecule has 0 aromatic heterocycles. The Morgan fingerprint density at radius 1 is 1.21 bits per heavy atom. The highest BCUT2D eigenvalue weighted by Crippen LogP contribution is 2.13. The number of amides is 1. The van der Waals surface area contributed by atoms with Crippen LogP contribution in [-0.2, 0) is 4.79 Å². The number of hydrogen-bond acceptors (Lipinski definition) is 3. The second kappa shape index (κ2) is 9.74. The van der Waals surface area contributed by atoms with Gasteiger partial charge in [-0.1, -0.05) is 32.3 Å². The molecule has 0 radical (unpaired) electrons. The van der Waals surface area contributed by atoms with Crippen molar-refractivity contribution < 1.29 is 9.18 Å². The topological polar surface area (TPSA) is 35.6 Å². The fourth-order valence-corrected chi connectivity index (χ4v) is 3.12. The number of carbonyl (C=O) groups excluding carboxylic acids is 1. The fraction of sp³-hybridized carbons (Fsp3) is 0.632. The SMILES string of the molecule is CCCCCCN1CCN(C(C)C(=O)Nc2cccc(F)c2)CC1. The van der Waals surface area contributed by atoms with Crippen LogP contribution in [0.1, 0.15) is 39.5 Å². The van der Waals surface area contributed by atoms with Crippen molar-refractivity contribution in [1.82, 2.24) is 9.80 Å². The maximum atomic E-state index is 13.2. The molecule has 1 amide bonds. The first-order chi connectivity index (χ1) is 11.6. The van der Waals surface area contributed by atoms with E-state index in [9.17, 15) is 9.18 Å². The number of anilines is 1. The van der Waals surface area contributed by atoms with E-state index in [1.54, 1.807) is 12.1 Å². The van der Waals surface area contributed by atoms with Gasteiger partial charge in [0.05, 0.1) is 6.04 Å². The Balaban J connectivity index is 1.73. The number of benzene rings is 1. The standard InChI is InChI=1S/C19H30FN3O/c1-3-4-5-6-10-22-11-13-23(14-12-22)16(2)19(24)21-18-9-7-8-17(20)15-18/h7-9,15-16H,3-6,10-14H2,1-2H3,(H,21,24). The summed E-state index contributed by atoms with van der Waals surface area (Å²) in [6.07, 6.45) is 5.16. The molecule has 1 aromatic rings. The zero-order valence-electron chi connectivity index (χ0n) is 14.9. The Bertz CT molecular complexity index is 515. The highest BCUT2D eigenvalue weighted by atomic mass is 19.1. The van der Waals surface area contributed by atoms with Gasteiger partial charge in [-0.3, -0.25) is 9.69 Å². The lowest BCUT2D eigenvalue weighted by molar-refractivity contribution is -0.121. The Kier molecular flexibility index (Phi) is 7.66. The molecule has 1 heterocycles. The predicted molar refractivity (Wildman–Crippen MR) is 96.6 cm³/mol. The number of nitrogens with one attached hydrogen (secondary N) is 1. The minimum Gasteiger partial charge on any atom is -0.325 e. The first-order valence-electron chi connectivity index (χ1n) is 9.13. The molecule has 0 spiro atoms. The number of carbonyl (C=O) groups is 1. The van der Waals surface area contributed by atoms with Crippen LogP contribution in [0.25, 0.3) is 0 Å². The van der Waals surface area contributed by atoms with E-state index in [1.807, 2.05) is 6.92 Å². The molecule has 0 aliphatic carbocycles. The van der Waals surface area contributed by atoms with E-state index in [2.05, 4.69) is 22.0 Å². The lowest BCUT2D eigenvalue weighted by Crippen LogP contribution is -2.52. The molecule has 1 unspecified atom stereocenters. The van der Waals surface area contributed by atoms with Gasteiger partial charge < -0.3 is 10.2 Å². The van der Waals surface area contributed by atoms with Gasteiger partial charge in [-0.05, 0) is 38.1 Å². The molecule has 1 aliphatic rings. The molecular weight excluding hydrogens is 305 g/mol. The third kappa shape index (κ3) is 5.87. The lowest BCUT2D eigenvalue weighted by Gasteiger charge is -2.37. The number of rotatable bonds is 8. The van der Waals surface area contributed by atoms with Crippen LogP contribution in [0.2, 0.25) is 0 Å². The molecule has 1 saturated heterocycles. The highest BCUT2D eigenvalue weighted by Gasteiger charge is 2.25. The minimum absolute atomic E-state index is 0.0722. The van der Waals surface area contributed by atoms with E-state index in [4.69, 9.17) is 0 Å². The van der Waals surface area contributed by atoms with Crippen LogP contribution in [-0.4, -0.2) is 54.5 Å². The maximum Gasteiger partial charge on any atom is 0.241 e. The molecule has 1 aliphatic heterocycles. The minimum atomic E-state index is -0.336. The molecule has 0 saturated carbocycles. The monoisotopic (exact) mass is 335 g/mol. The van der Waals surface area contributed by atoms with Gasteiger partial charge in [-0.2, -0.15) is 0 Å². The van der Waals surface area contributed by atoms with Gasteiger partial charge in [0.1, 0.15) is 5.82 Å². The zero-order valence-corrected chi connectivity index (χ0v) is 14.9. The van der Waals surface area contributed by atoms with E-state index in [1.165, 1.54) is 37.8 Å². The summed E-state index contributed by atoms with van der Waals surface area (Å²) >= 11 is 0. The van der Waals surface area contributed by atoms with Crippen LogP contribution < -0.4 is 5.32 Å². The number of halogens is 1. The van der Waals surface area contributed by atoms with E-state index in [-0.39, 0.29) is 17.8 Å². The predicted octanol–water partition coefficient (Wildman–Crippen LogP) is 3.35. The van der Waals surface area contributed by atoms with E-state index in [0.29, 0.717) is 5.69 Å². The van der Waals surface area contributed by atoms with Crippen molar-refractivity contribution in [2.75, 3.05) is 38.0 Å². The summed E-state index contributed by atoms with van der Waals surface area (Å²) in [5.41, 5.74) is 0.515. The molecule has 0 bridgehead atoms. The second-order valence-corrected chi connectivity index (χ2v) is 6.61. The second-order valence-electron chi connectivity index (χ2n) is 6.61. The van der Waals surface area contributed by atoms with Crippen LogP contribution in [0.4, 0.5) is 10.1 Å². The fourth-order valence-electron chi connectivity index (χ4n) is 3.12. The van der Waals surface area contributed by atoms with Crippen LogP contribution in [0.15, 0.2) is 24.3 Å². The molecule has 1 aromatic carbocycles. The van der Waals surface area contributed by atoms with E-state index in [0.717, 1.165) is 32.7 Å². The molecular formula is C19H30FN3O. The van der Waals surface area contributed by atoms with Crippen molar-refractivity contribution in [3.8, 4) is 0 Å². The third-order valence-corrected chi connectivity index (χ3v) is 4.75. The van der Waals surface area contributed by atoms with Gasteiger partial charge in [0, 0.05) is 31.9 Å². The average molecular weight is 335 g/mol. The quantitative estimate of drug-likeness (QED) is 0.740. The largest absolute Gasteiger partial charge is 0.325 e. The molecule has 5 heteroatoms. The van der Waals surface area contributed by atoms with Crippen molar-refractivity contribution in [3.05, 3.63) is 30.1 Å². The van der Waals surface area contributed by atoms with Crippen LogP contribution in [0, 0.1) is 5.82 Å². The summed E-state index contributed by atoms with van der Waals surface area (Å²) in [6, 6.07) is 5.84. The van der Waals surface area contributed by atoms with Gasteiger partial charge in [-0.25, -0.2) is 4.39 Å². The number of hydrogen-bond donors (Lipinski definition) is 1. The number of unbranched alkanes of at least 4 members (excludes halogenated alkanes) is 3. The van der Waals surface area contributed by atoms with E-state index >= 15 is 0 Å². The summed E-state index contributed by atoms with van der Waals surface area (Å²) in [7, 11) is 0. The van der Waals surface area contributed by atoms with E-state index < -0.39 is 0 Å². The Hall–Kier alpha value is -1.46. The maximum absolute atomic E-state index is 13.2. The highest BCUT2D eigenvalue weighted by molar-refractivity contribution is 5.94. The molecule has 1 fully saturated rings. The summed E-state index contributed by atoms with van der Waals surface area (Å²) in [6.45, 7) is 9.17. The van der Waals surface area contributed by atoms with Crippen LogP contribution in [0.5, 0.6) is 0 Å². The molecule has 4 nitrogen and oxygen atoms in total. The van der Waals surface area contributed by atoms with Gasteiger partial charge in [0.2, 0.25) is 5.91 Å². The van der Waals surface area contributed by atoms with Crippen molar-refractivity contribution >= 4 is 11.6 Å². The van der Waals surface area contributed by atoms with Crippen molar-refractivity contribution in [1.29, 1.82) is 0 Å².